The first kappa shape index (κ1) is 14.1. The van der Waals surface area contributed by atoms with Gasteiger partial charge in [-0.2, -0.15) is 0 Å². The molecule has 0 unspecified atom stereocenters. The van der Waals surface area contributed by atoms with Crippen molar-refractivity contribution in [3.05, 3.63) is 58.3 Å². The molecule has 1 aromatic carbocycles. The van der Waals surface area contributed by atoms with E-state index in [9.17, 15) is 9.59 Å². The minimum absolute atomic E-state index is 0.0635. The second-order valence-electron chi connectivity index (χ2n) is 5.08. The second-order valence-corrected chi connectivity index (χ2v) is 5.08. The fraction of sp³-hybridized carbons (Fsp3) is 0.188. The standard InChI is InChI=1S/C16H15N3O3/c1-10-8-12(6-7-17-10)18-15(20)5-3-11-2-4-14-13(9-11)19-16(21)22-14/h2,4,6-9H,3,5H2,1H3,(H,19,21)(H,17,18,20). The van der Waals surface area contributed by atoms with E-state index in [1.54, 1.807) is 18.3 Å². The average molecular weight is 297 g/mol. The lowest BCUT2D eigenvalue weighted by Crippen LogP contribution is -2.12. The topological polar surface area (TPSA) is 88.0 Å². The van der Waals surface area contributed by atoms with Gasteiger partial charge in [0.2, 0.25) is 5.91 Å². The number of hydrogen-bond acceptors (Lipinski definition) is 4. The molecule has 112 valence electrons. The van der Waals surface area contributed by atoms with Crippen LogP contribution in [0.1, 0.15) is 17.7 Å². The lowest BCUT2D eigenvalue weighted by molar-refractivity contribution is -0.116. The first-order valence-corrected chi connectivity index (χ1v) is 6.94. The van der Waals surface area contributed by atoms with Crippen LogP contribution in [-0.2, 0) is 11.2 Å². The molecular formula is C16H15N3O3. The van der Waals surface area contributed by atoms with E-state index in [1.807, 2.05) is 25.1 Å². The number of fused-ring (bicyclic) bond motifs is 1. The Morgan fingerprint density at radius 1 is 1.32 bits per heavy atom. The Labute approximate surface area is 126 Å². The molecule has 6 heteroatoms. The number of oxazole rings is 1. The van der Waals surface area contributed by atoms with Gasteiger partial charge in [-0.05, 0) is 43.2 Å². The molecule has 0 radical (unpaired) electrons. The Morgan fingerprint density at radius 2 is 2.18 bits per heavy atom. The highest BCUT2D eigenvalue weighted by atomic mass is 16.4. The van der Waals surface area contributed by atoms with Crippen LogP contribution >= 0.6 is 0 Å². The smallest absolute Gasteiger partial charge is 0.408 e. The number of amides is 1. The number of anilines is 1. The number of benzene rings is 1. The summed E-state index contributed by atoms with van der Waals surface area (Å²) in [7, 11) is 0. The molecule has 0 bridgehead atoms. The molecule has 3 aromatic rings. The zero-order valence-corrected chi connectivity index (χ0v) is 12.1. The minimum atomic E-state index is -0.474. The highest BCUT2D eigenvalue weighted by Crippen LogP contribution is 2.14. The maximum Gasteiger partial charge on any atom is 0.417 e. The molecule has 0 saturated carbocycles. The zero-order valence-electron chi connectivity index (χ0n) is 12.1. The van der Waals surface area contributed by atoms with Crippen molar-refractivity contribution in [1.82, 2.24) is 9.97 Å². The number of aromatic nitrogens is 2. The number of aryl methyl sites for hydroxylation is 2. The van der Waals surface area contributed by atoms with Crippen LogP contribution in [0.3, 0.4) is 0 Å². The van der Waals surface area contributed by atoms with Crippen LogP contribution in [0.15, 0.2) is 45.7 Å². The summed E-state index contributed by atoms with van der Waals surface area (Å²) >= 11 is 0. The molecule has 0 aliphatic rings. The van der Waals surface area contributed by atoms with E-state index in [2.05, 4.69) is 15.3 Å². The number of rotatable bonds is 4. The molecule has 0 aliphatic carbocycles. The number of aromatic amines is 1. The van der Waals surface area contributed by atoms with Crippen molar-refractivity contribution in [3.63, 3.8) is 0 Å². The number of H-pyrrole nitrogens is 1. The van der Waals surface area contributed by atoms with Gasteiger partial charge >= 0.3 is 5.76 Å². The van der Waals surface area contributed by atoms with Crippen molar-refractivity contribution in [2.24, 2.45) is 0 Å². The lowest BCUT2D eigenvalue weighted by Gasteiger charge is -2.05. The van der Waals surface area contributed by atoms with Crippen LogP contribution in [0.2, 0.25) is 0 Å². The Hall–Kier alpha value is -2.89. The number of nitrogens with one attached hydrogen (secondary N) is 2. The summed E-state index contributed by atoms with van der Waals surface area (Å²) in [6.07, 6.45) is 2.60. The molecule has 2 N–H and O–H groups in total. The Bertz CT molecular complexity index is 879. The third-order valence-electron chi connectivity index (χ3n) is 3.30. The first-order valence-electron chi connectivity index (χ1n) is 6.94. The van der Waals surface area contributed by atoms with Gasteiger partial charge in [0.15, 0.2) is 5.58 Å². The summed E-state index contributed by atoms with van der Waals surface area (Å²) < 4.78 is 4.94. The van der Waals surface area contributed by atoms with Crippen molar-refractivity contribution in [2.75, 3.05) is 5.32 Å². The summed E-state index contributed by atoms with van der Waals surface area (Å²) in [5, 5.41) is 2.84. The van der Waals surface area contributed by atoms with Crippen molar-refractivity contribution in [3.8, 4) is 0 Å². The molecule has 2 heterocycles. The van der Waals surface area contributed by atoms with Gasteiger partial charge in [0.1, 0.15) is 0 Å². The van der Waals surface area contributed by atoms with Crippen LogP contribution in [0.5, 0.6) is 0 Å². The quantitative estimate of drug-likeness (QED) is 0.774. The summed E-state index contributed by atoms with van der Waals surface area (Å²) in [5.41, 5.74) is 3.73. The number of carbonyl (C=O) groups is 1. The Kier molecular flexibility index (Phi) is 3.74. The van der Waals surface area contributed by atoms with Crippen molar-refractivity contribution >= 4 is 22.7 Å². The molecule has 0 aliphatic heterocycles. The average Bonchev–Trinajstić information content (AvgIpc) is 2.84. The van der Waals surface area contributed by atoms with Gasteiger partial charge < -0.3 is 9.73 Å². The van der Waals surface area contributed by atoms with E-state index < -0.39 is 5.76 Å². The van der Waals surface area contributed by atoms with Gasteiger partial charge in [-0.25, -0.2) is 4.79 Å². The van der Waals surface area contributed by atoms with E-state index in [0.29, 0.717) is 23.9 Å². The number of hydrogen-bond donors (Lipinski definition) is 2. The van der Waals surface area contributed by atoms with E-state index in [-0.39, 0.29) is 5.91 Å². The molecule has 2 aromatic heterocycles. The summed E-state index contributed by atoms with van der Waals surface area (Å²) in [6.45, 7) is 1.87. The zero-order chi connectivity index (χ0) is 15.5. The highest BCUT2D eigenvalue weighted by Gasteiger charge is 2.06. The predicted molar refractivity (Wildman–Crippen MR) is 82.8 cm³/mol. The maximum atomic E-state index is 12.0. The fourth-order valence-electron chi connectivity index (χ4n) is 2.26. The van der Waals surface area contributed by atoms with Gasteiger partial charge in [0.25, 0.3) is 0 Å². The molecule has 1 amide bonds. The third-order valence-corrected chi connectivity index (χ3v) is 3.30. The van der Waals surface area contributed by atoms with Crippen LogP contribution in [0.4, 0.5) is 5.69 Å². The minimum Gasteiger partial charge on any atom is -0.408 e. The molecule has 6 nitrogen and oxygen atoms in total. The number of nitrogens with zero attached hydrogens (tertiary/aromatic N) is 1. The normalized spacial score (nSPS) is 10.8. The van der Waals surface area contributed by atoms with Crippen LogP contribution in [0, 0.1) is 6.92 Å². The Morgan fingerprint density at radius 3 is 3.00 bits per heavy atom. The molecule has 3 rings (SSSR count). The molecular weight excluding hydrogens is 282 g/mol. The number of carbonyl (C=O) groups excluding carboxylic acids is 1. The van der Waals surface area contributed by atoms with E-state index >= 15 is 0 Å². The Balaban J connectivity index is 1.63. The summed E-state index contributed by atoms with van der Waals surface area (Å²) in [5.74, 6) is -0.538. The number of pyridine rings is 1. The van der Waals surface area contributed by atoms with Gasteiger partial charge in [-0.15, -0.1) is 0 Å². The van der Waals surface area contributed by atoms with E-state index in [0.717, 1.165) is 16.9 Å². The largest absolute Gasteiger partial charge is 0.417 e. The lowest BCUT2D eigenvalue weighted by atomic mass is 10.1. The first-order chi connectivity index (χ1) is 10.6. The molecule has 0 saturated heterocycles. The summed E-state index contributed by atoms with van der Waals surface area (Å²) in [4.78, 5) is 29.7. The van der Waals surface area contributed by atoms with E-state index in [4.69, 9.17) is 4.42 Å². The van der Waals surface area contributed by atoms with Crippen molar-refractivity contribution in [2.45, 2.75) is 19.8 Å². The SMILES string of the molecule is Cc1cc(NC(=O)CCc2ccc3oc(=O)[nH]c3c2)ccn1. The second kappa shape index (κ2) is 5.85. The molecule has 0 fully saturated rings. The van der Waals surface area contributed by atoms with Crippen molar-refractivity contribution in [1.29, 1.82) is 0 Å². The fourth-order valence-corrected chi connectivity index (χ4v) is 2.26. The van der Waals surface area contributed by atoms with Gasteiger partial charge in [-0.1, -0.05) is 6.07 Å². The van der Waals surface area contributed by atoms with Gasteiger partial charge in [0.05, 0.1) is 5.52 Å². The monoisotopic (exact) mass is 297 g/mol. The summed E-state index contributed by atoms with van der Waals surface area (Å²) in [6, 6.07) is 8.98. The molecule has 0 spiro atoms. The van der Waals surface area contributed by atoms with Crippen LogP contribution in [0.25, 0.3) is 11.1 Å². The molecule has 22 heavy (non-hydrogen) atoms. The van der Waals surface area contributed by atoms with Crippen LogP contribution in [-0.4, -0.2) is 15.9 Å². The third kappa shape index (κ3) is 3.22. The highest BCUT2D eigenvalue weighted by molar-refractivity contribution is 5.90. The molecule has 0 atom stereocenters. The maximum absolute atomic E-state index is 12.0. The van der Waals surface area contributed by atoms with Gasteiger partial charge in [0, 0.05) is 24.0 Å². The predicted octanol–water partition coefficient (Wildman–Crippen LogP) is 2.40. The van der Waals surface area contributed by atoms with Crippen molar-refractivity contribution < 1.29 is 9.21 Å². The van der Waals surface area contributed by atoms with E-state index in [1.165, 1.54) is 0 Å². The van der Waals surface area contributed by atoms with Crippen LogP contribution < -0.4 is 11.1 Å². The van der Waals surface area contributed by atoms with Gasteiger partial charge in [-0.3, -0.25) is 14.8 Å².